The molecule has 0 amide bonds. The first-order valence-corrected chi connectivity index (χ1v) is 5.55. The average molecular weight is 248 g/mol. The van der Waals surface area contributed by atoms with Crippen molar-refractivity contribution in [1.29, 1.82) is 0 Å². The van der Waals surface area contributed by atoms with Crippen LogP contribution < -0.4 is 14.8 Å². The van der Waals surface area contributed by atoms with E-state index in [1.807, 2.05) is 25.2 Å². The highest BCUT2D eigenvalue weighted by atomic mass is 16.5. The third kappa shape index (κ3) is 2.28. The molecule has 0 saturated heterocycles. The first-order valence-electron chi connectivity index (χ1n) is 5.55. The van der Waals surface area contributed by atoms with E-state index in [-0.39, 0.29) is 6.04 Å². The summed E-state index contributed by atoms with van der Waals surface area (Å²) in [4.78, 5) is 0. The zero-order chi connectivity index (χ0) is 13.0. The standard InChI is InChI=1S/C12H16N4O2/c1-13-12(10-7-14-16-15-10)9-6-8(17-2)4-5-11(9)18-3/h4-7,12-13H,1-3H3,(H,14,15,16). The summed E-state index contributed by atoms with van der Waals surface area (Å²) in [5.74, 6) is 1.55. The lowest BCUT2D eigenvalue weighted by Gasteiger charge is -2.18. The maximum atomic E-state index is 5.37. The van der Waals surface area contributed by atoms with E-state index >= 15 is 0 Å². The molecule has 1 aromatic heterocycles. The molecule has 0 aliphatic heterocycles. The van der Waals surface area contributed by atoms with E-state index in [2.05, 4.69) is 20.7 Å². The molecule has 2 N–H and O–H groups in total. The van der Waals surface area contributed by atoms with Crippen molar-refractivity contribution in [3.63, 3.8) is 0 Å². The van der Waals surface area contributed by atoms with Crippen LogP contribution in [0.3, 0.4) is 0 Å². The predicted molar refractivity (Wildman–Crippen MR) is 66.8 cm³/mol. The van der Waals surface area contributed by atoms with Crippen molar-refractivity contribution in [3.8, 4) is 11.5 Å². The zero-order valence-corrected chi connectivity index (χ0v) is 10.6. The molecule has 1 atom stereocenters. The van der Waals surface area contributed by atoms with E-state index in [1.165, 1.54) is 0 Å². The molecule has 6 heteroatoms. The lowest BCUT2D eigenvalue weighted by molar-refractivity contribution is 0.394. The SMILES string of the molecule is CNC(c1cn[nH]n1)c1cc(OC)ccc1OC. The molecule has 0 fully saturated rings. The number of nitrogens with zero attached hydrogens (tertiary/aromatic N) is 2. The molecular formula is C12H16N4O2. The number of rotatable bonds is 5. The Kier molecular flexibility index (Phi) is 3.78. The van der Waals surface area contributed by atoms with Gasteiger partial charge in [-0.2, -0.15) is 15.4 Å². The summed E-state index contributed by atoms with van der Waals surface area (Å²) in [5.41, 5.74) is 1.75. The minimum absolute atomic E-state index is 0.103. The van der Waals surface area contributed by atoms with Gasteiger partial charge in [0.25, 0.3) is 0 Å². The molecule has 1 aromatic carbocycles. The second-order valence-electron chi connectivity index (χ2n) is 3.72. The van der Waals surface area contributed by atoms with Crippen LogP contribution in [-0.4, -0.2) is 36.7 Å². The topological polar surface area (TPSA) is 72.1 Å². The molecule has 0 saturated carbocycles. The Morgan fingerprint density at radius 3 is 2.67 bits per heavy atom. The van der Waals surface area contributed by atoms with Crippen LogP contribution in [0.5, 0.6) is 11.5 Å². The molecule has 0 spiro atoms. The normalized spacial score (nSPS) is 12.2. The van der Waals surface area contributed by atoms with Gasteiger partial charge in [0.05, 0.1) is 26.5 Å². The van der Waals surface area contributed by atoms with E-state index in [1.54, 1.807) is 20.4 Å². The van der Waals surface area contributed by atoms with Crippen LogP contribution in [0.15, 0.2) is 24.4 Å². The Hall–Kier alpha value is -2.08. The number of methoxy groups -OCH3 is 2. The summed E-state index contributed by atoms with van der Waals surface area (Å²) >= 11 is 0. The van der Waals surface area contributed by atoms with Gasteiger partial charge in [0, 0.05) is 5.56 Å². The third-order valence-electron chi connectivity index (χ3n) is 2.77. The molecule has 96 valence electrons. The number of aromatic nitrogens is 3. The number of aromatic amines is 1. The Balaban J connectivity index is 2.46. The molecule has 0 radical (unpaired) electrons. The van der Waals surface area contributed by atoms with Gasteiger partial charge in [-0.25, -0.2) is 0 Å². The summed E-state index contributed by atoms with van der Waals surface area (Å²) in [5, 5.41) is 13.7. The van der Waals surface area contributed by atoms with Crippen molar-refractivity contribution in [2.24, 2.45) is 0 Å². The second-order valence-corrected chi connectivity index (χ2v) is 3.72. The summed E-state index contributed by atoms with van der Waals surface area (Å²) in [6.07, 6.45) is 1.68. The molecule has 2 rings (SSSR count). The number of H-pyrrole nitrogens is 1. The molecule has 1 heterocycles. The summed E-state index contributed by atoms with van der Waals surface area (Å²) in [6.45, 7) is 0. The third-order valence-corrected chi connectivity index (χ3v) is 2.77. The Morgan fingerprint density at radius 2 is 2.11 bits per heavy atom. The van der Waals surface area contributed by atoms with Crippen LogP contribution in [0, 0.1) is 0 Å². The van der Waals surface area contributed by atoms with Gasteiger partial charge in [-0.1, -0.05) is 0 Å². The zero-order valence-electron chi connectivity index (χ0n) is 10.6. The van der Waals surface area contributed by atoms with Crippen LogP contribution in [0.2, 0.25) is 0 Å². The lowest BCUT2D eigenvalue weighted by atomic mass is 10.0. The highest BCUT2D eigenvalue weighted by Gasteiger charge is 2.19. The minimum Gasteiger partial charge on any atom is -0.497 e. The monoisotopic (exact) mass is 248 g/mol. The number of hydrogen-bond acceptors (Lipinski definition) is 5. The second kappa shape index (κ2) is 5.50. The summed E-state index contributed by atoms with van der Waals surface area (Å²) in [7, 11) is 5.13. The molecular weight excluding hydrogens is 232 g/mol. The largest absolute Gasteiger partial charge is 0.497 e. The van der Waals surface area contributed by atoms with Gasteiger partial charge in [0.2, 0.25) is 0 Å². The number of hydrogen-bond donors (Lipinski definition) is 2. The summed E-state index contributed by atoms with van der Waals surface area (Å²) < 4.78 is 10.6. The van der Waals surface area contributed by atoms with Gasteiger partial charge in [-0.05, 0) is 25.2 Å². The fourth-order valence-corrected chi connectivity index (χ4v) is 1.88. The van der Waals surface area contributed by atoms with Crippen LogP contribution in [0.1, 0.15) is 17.3 Å². The first-order chi connectivity index (χ1) is 8.80. The van der Waals surface area contributed by atoms with Crippen molar-refractivity contribution in [1.82, 2.24) is 20.7 Å². The van der Waals surface area contributed by atoms with Crippen LogP contribution in [0.25, 0.3) is 0 Å². The molecule has 2 aromatic rings. The maximum Gasteiger partial charge on any atom is 0.124 e. The van der Waals surface area contributed by atoms with Crippen molar-refractivity contribution in [2.75, 3.05) is 21.3 Å². The Labute approximate surface area is 105 Å². The van der Waals surface area contributed by atoms with Gasteiger partial charge in [0.1, 0.15) is 17.2 Å². The van der Waals surface area contributed by atoms with Crippen molar-refractivity contribution >= 4 is 0 Å². The molecule has 0 aliphatic carbocycles. The maximum absolute atomic E-state index is 5.37. The average Bonchev–Trinajstić information content (AvgIpc) is 2.93. The smallest absolute Gasteiger partial charge is 0.124 e. The van der Waals surface area contributed by atoms with Crippen LogP contribution in [0.4, 0.5) is 0 Å². The lowest BCUT2D eigenvalue weighted by Crippen LogP contribution is -2.19. The van der Waals surface area contributed by atoms with E-state index in [9.17, 15) is 0 Å². The van der Waals surface area contributed by atoms with Gasteiger partial charge in [0.15, 0.2) is 0 Å². The molecule has 18 heavy (non-hydrogen) atoms. The predicted octanol–water partition coefficient (Wildman–Crippen LogP) is 1.13. The number of nitrogens with one attached hydrogen (secondary N) is 2. The van der Waals surface area contributed by atoms with Gasteiger partial charge in [-0.3, -0.25) is 0 Å². The fourth-order valence-electron chi connectivity index (χ4n) is 1.88. The molecule has 6 nitrogen and oxygen atoms in total. The first kappa shape index (κ1) is 12.4. The van der Waals surface area contributed by atoms with Crippen molar-refractivity contribution < 1.29 is 9.47 Å². The molecule has 0 bridgehead atoms. The van der Waals surface area contributed by atoms with E-state index in [4.69, 9.17) is 9.47 Å². The van der Waals surface area contributed by atoms with E-state index in [0.717, 1.165) is 22.8 Å². The van der Waals surface area contributed by atoms with Gasteiger partial charge < -0.3 is 14.8 Å². The number of benzene rings is 1. The summed E-state index contributed by atoms with van der Waals surface area (Å²) in [6, 6.07) is 5.55. The molecule has 0 aliphatic rings. The quantitative estimate of drug-likeness (QED) is 0.830. The highest BCUT2D eigenvalue weighted by Crippen LogP contribution is 2.31. The highest BCUT2D eigenvalue weighted by molar-refractivity contribution is 5.44. The number of ether oxygens (including phenoxy) is 2. The fraction of sp³-hybridized carbons (Fsp3) is 0.333. The van der Waals surface area contributed by atoms with E-state index < -0.39 is 0 Å². The molecule has 1 unspecified atom stereocenters. The van der Waals surface area contributed by atoms with E-state index in [0.29, 0.717) is 0 Å². The van der Waals surface area contributed by atoms with Crippen molar-refractivity contribution in [2.45, 2.75) is 6.04 Å². The van der Waals surface area contributed by atoms with Gasteiger partial charge >= 0.3 is 0 Å². The van der Waals surface area contributed by atoms with Gasteiger partial charge in [-0.15, -0.1) is 0 Å². The Morgan fingerprint density at radius 1 is 1.28 bits per heavy atom. The van der Waals surface area contributed by atoms with Crippen molar-refractivity contribution in [3.05, 3.63) is 35.7 Å². The van der Waals surface area contributed by atoms with Crippen LogP contribution >= 0.6 is 0 Å². The Bertz CT molecular complexity index is 499. The van der Waals surface area contributed by atoms with Crippen LogP contribution in [-0.2, 0) is 0 Å². The minimum atomic E-state index is -0.103.